The fourth-order valence-electron chi connectivity index (χ4n) is 1.82. The number of aryl methyl sites for hydroxylation is 1. The van der Waals surface area contributed by atoms with Gasteiger partial charge in [-0.15, -0.1) is 0 Å². The van der Waals surface area contributed by atoms with E-state index in [1.54, 1.807) is 6.07 Å². The number of carbonyl (C=O) groups excluding carboxylic acids is 1. The second kappa shape index (κ2) is 7.46. The molecule has 2 amide bonds. The minimum atomic E-state index is -1.12. The van der Waals surface area contributed by atoms with Crippen LogP contribution >= 0.6 is 0 Å². The van der Waals surface area contributed by atoms with Gasteiger partial charge in [0.2, 0.25) is 0 Å². The van der Waals surface area contributed by atoms with Crippen molar-refractivity contribution in [1.29, 1.82) is 0 Å². The van der Waals surface area contributed by atoms with Crippen LogP contribution in [-0.2, 0) is 6.42 Å². The first-order valence-electron chi connectivity index (χ1n) is 6.88. The molecule has 1 aromatic heterocycles. The molecule has 0 aliphatic rings. The van der Waals surface area contributed by atoms with Crippen molar-refractivity contribution in [3.8, 4) is 0 Å². The predicted octanol–water partition coefficient (Wildman–Crippen LogP) is 2.03. The number of nitrogens with one attached hydrogen (secondary N) is 2. The van der Waals surface area contributed by atoms with E-state index < -0.39 is 18.0 Å². The highest BCUT2D eigenvalue weighted by molar-refractivity contribution is 5.88. The Kier molecular flexibility index (Phi) is 5.37. The standard InChI is InChI=1S/C15H17FN4O2/c1-2-14-17-7-10(8-18-14)20-15(22)19-9-13(21)11-5-3-4-6-12(11)16/h3-8,13,21H,2,9H2,1H3,(H2,19,20,22). The maximum absolute atomic E-state index is 13.5. The zero-order chi connectivity index (χ0) is 15.9. The Balaban J connectivity index is 1.85. The average molecular weight is 304 g/mol. The monoisotopic (exact) mass is 304 g/mol. The first kappa shape index (κ1) is 15.8. The third kappa shape index (κ3) is 4.23. The Morgan fingerprint density at radius 2 is 2.00 bits per heavy atom. The number of aliphatic hydroxyl groups is 1. The maximum Gasteiger partial charge on any atom is 0.319 e. The van der Waals surface area contributed by atoms with Crippen molar-refractivity contribution in [2.75, 3.05) is 11.9 Å². The number of anilines is 1. The molecule has 0 aliphatic carbocycles. The van der Waals surface area contributed by atoms with Crippen LogP contribution in [0.5, 0.6) is 0 Å². The van der Waals surface area contributed by atoms with Gasteiger partial charge in [0.25, 0.3) is 0 Å². The lowest BCUT2D eigenvalue weighted by molar-refractivity contribution is 0.170. The summed E-state index contributed by atoms with van der Waals surface area (Å²) in [5.41, 5.74) is 0.577. The molecule has 116 valence electrons. The highest BCUT2D eigenvalue weighted by atomic mass is 19.1. The van der Waals surface area contributed by atoms with Gasteiger partial charge in [0.15, 0.2) is 0 Å². The number of carbonyl (C=O) groups is 1. The number of hydrogen-bond donors (Lipinski definition) is 3. The molecule has 0 fully saturated rings. The van der Waals surface area contributed by atoms with Gasteiger partial charge >= 0.3 is 6.03 Å². The molecule has 0 saturated heterocycles. The van der Waals surface area contributed by atoms with E-state index in [1.807, 2.05) is 6.92 Å². The average Bonchev–Trinajstić information content (AvgIpc) is 2.54. The first-order valence-corrected chi connectivity index (χ1v) is 6.88. The molecule has 0 saturated carbocycles. The van der Waals surface area contributed by atoms with Gasteiger partial charge in [-0.1, -0.05) is 25.1 Å². The summed E-state index contributed by atoms with van der Waals surface area (Å²) in [5.74, 6) is 0.168. The van der Waals surface area contributed by atoms with Crippen molar-refractivity contribution in [3.63, 3.8) is 0 Å². The van der Waals surface area contributed by atoms with Crippen LogP contribution in [0.15, 0.2) is 36.7 Å². The molecule has 1 heterocycles. The summed E-state index contributed by atoms with van der Waals surface area (Å²) >= 11 is 0. The van der Waals surface area contributed by atoms with Crippen molar-refractivity contribution in [2.24, 2.45) is 0 Å². The molecule has 0 aliphatic heterocycles. The van der Waals surface area contributed by atoms with E-state index in [1.165, 1.54) is 30.6 Å². The summed E-state index contributed by atoms with van der Waals surface area (Å²) in [7, 11) is 0. The van der Waals surface area contributed by atoms with Crippen LogP contribution in [0.1, 0.15) is 24.4 Å². The number of hydrogen-bond acceptors (Lipinski definition) is 4. The summed E-state index contributed by atoms with van der Waals surface area (Å²) in [5, 5.41) is 14.9. The summed E-state index contributed by atoms with van der Waals surface area (Å²) in [6, 6.07) is 5.35. The van der Waals surface area contributed by atoms with Gasteiger partial charge in [0.05, 0.1) is 24.2 Å². The normalized spacial score (nSPS) is 11.8. The fraction of sp³-hybridized carbons (Fsp3) is 0.267. The molecule has 6 nitrogen and oxygen atoms in total. The van der Waals surface area contributed by atoms with Crippen LogP contribution in [0.2, 0.25) is 0 Å². The number of rotatable bonds is 5. The largest absolute Gasteiger partial charge is 0.386 e. The SMILES string of the molecule is CCc1ncc(NC(=O)NCC(O)c2ccccc2F)cn1. The van der Waals surface area contributed by atoms with Crippen molar-refractivity contribution in [1.82, 2.24) is 15.3 Å². The van der Waals surface area contributed by atoms with Crippen LogP contribution in [0, 0.1) is 5.82 Å². The van der Waals surface area contributed by atoms with Crippen LogP contribution < -0.4 is 10.6 Å². The molecule has 7 heteroatoms. The molecule has 3 N–H and O–H groups in total. The number of nitrogens with zero attached hydrogens (tertiary/aromatic N) is 2. The van der Waals surface area contributed by atoms with Gasteiger partial charge < -0.3 is 15.7 Å². The lowest BCUT2D eigenvalue weighted by atomic mass is 10.1. The van der Waals surface area contributed by atoms with E-state index in [9.17, 15) is 14.3 Å². The van der Waals surface area contributed by atoms with E-state index in [-0.39, 0.29) is 12.1 Å². The minimum absolute atomic E-state index is 0.110. The highest BCUT2D eigenvalue weighted by Crippen LogP contribution is 2.15. The summed E-state index contributed by atoms with van der Waals surface area (Å²) in [4.78, 5) is 19.8. The van der Waals surface area contributed by atoms with Gasteiger partial charge in [-0.05, 0) is 6.07 Å². The van der Waals surface area contributed by atoms with E-state index in [0.29, 0.717) is 17.9 Å². The van der Waals surface area contributed by atoms with Crippen LogP contribution in [0.3, 0.4) is 0 Å². The van der Waals surface area contributed by atoms with Crippen LogP contribution in [0.25, 0.3) is 0 Å². The smallest absolute Gasteiger partial charge is 0.319 e. The molecule has 0 radical (unpaired) electrons. The topological polar surface area (TPSA) is 87.1 Å². The van der Waals surface area contributed by atoms with Crippen molar-refractivity contribution < 1.29 is 14.3 Å². The number of urea groups is 1. The number of amides is 2. The molecule has 1 atom stereocenters. The Bertz CT molecular complexity index is 634. The molecule has 0 spiro atoms. The van der Waals surface area contributed by atoms with Crippen molar-refractivity contribution in [3.05, 3.63) is 53.9 Å². The number of aliphatic hydroxyl groups excluding tert-OH is 1. The van der Waals surface area contributed by atoms with Gasteiger partial charge in [0, 0.05) is 18.5 Å². The van der Waals surface area contributed by atoms with Gasteiger partial charge in [-0.2, -0.15) is 0 Å². The first-order chi connectivity index (χ1) is 10.6. The fourth-order valence-corrected chi connectivity index (χ4v) is 1.82. The molecule has 1 unspecified atom stereocenters. The third-order valence-corrected chi connectivity index (χ3v) is 3.00. The molecule has 2 aromatic rings. The van der Waals surface area contributed by atoms with Gasteiger partial charge in [-0.3, -0.25) is 0 Å². The van der Waals surface area contributed by atoms with Crippen molar-refractivity contribution in [2.45, 2.75) is 19.4 Å². The van der Waals surface area contributed by atoms with E-state index in [2.05, 4.69) is 20.6 Å². The molecule has 0 bridgehead atoms. The predicted molar refractivity (Wildman–Crippen MR) is 79.8 cm³/mol. The maximum atomic E-state index is 13.5. The Morgan fingerprint density at radius 1 is 1.32 bits per heavy atom. The molecular formula is C15H17FN4O2. The second-order valence-corrected chi connectivity index (χ2v) is 4.61. The molecule has 22 heavy (non-hydrogen) atoms. The second-order valence-electron chi connectivity index (χ2n) is 4.61. The summed E-state index contributed by atoms with van der Waals surface area (Å²) in [6.45, 7) is 1.82. The van der Waals surface area contributed by atoms with E-state index in [4.69, 9.17) is 0 Å². The van der Waals surface area contributed by atoms with E-state index in [0.717, 1.165) is 0 Å². The number of halogens is 1. The molecular weight excluding hydrogens is 287 g/mol. The van der Waals surface area contributed by atoms with Crippen LogP contribution in [-0.4, -0.2) is 27.7 Å². The Morgan fingerprint density at radius 3 is 2.64 bits per heavy atom. The molecule has 2 rings (SSSR count). The van der Waals surface area contributed by atoms with Gasteiger partial charge in [0.1, 0.15) is 11.6 Å². The number of aromatic nitrogens is 2. The van der Waals surface area contributed by atoms with Gasteiger partial charge in [-0.25, -0.2) is 19.2 Å². The zero-order valence-electron chi connectivity index (χ0n) is 12.1. The Labute approximate surface area is 127 Å². The van der Waals surface area contributed by atoms with Crippen molar-refractivity contribution >= 4 is 11.7 Å². The quantitative estimate of drug-likeness (QED) is 0.789. The molecule has 1 aromatic carbocycles. The number of benzene rings is 1. The summed E-state index contributed by atoms with van der Waals surface area (Å²) < 4.78 is 13.5. The van der Waals surface area contributed by atoms with Crippen LogP contribution in [0.4, 0.5) is 14.9 Å². The lowest BCUT2D eigenvalue weighted by Gasteiger charge is -2.13. The minimum Gasteiger partial charge on any atom is -0.386 e. The summed E-state index contributed by atoms with van der Waals surface area (Å²) in [6.07, 6.45) is 2.59. The highest BCUT2D eigenvalue weighted by Gasteiger charge is 2.13. The third-order valence-electron chi connectivity index (χ3n) is 3.00. The zero-order valence-corrected chi connectivity index (χ0v) is 12.1. The van der Waals surface area contributed by atoms with E-state index >= 15 is 0 Å². The lowest BCUT2D eigenvalue weighted by Crippen LogP contribution is -2.32. The Hall–Kier alpha value is -2.54.